The third kappa shape index (κ3) is 2.17. The molecule has 0 saturated heterocycles. The van der Waals surface area contributed by atoms with Crippen molar-refractivity contribution in [1.82, 2.24) is 0 Å². The summed E-state index contributed by atoms with van der Waals surface area (Å²) >= 11 is 0. The van der Waals surface area contributed by atoms with Gasteiger partial charge in [0, 0.05) is 0 Å². The van der Waals surface area contributed by atoms with E-state index in [-0.39, 0.29) is 0 Å². The molecule has 0 radical (unpaired) electrons. The molecule has 0 unspecified atom stereocenters. The Kier molecular flexibility index (Phi) is 2.89. The lowest BCUT2D eigenvalue weighted by Gasteiger charge is -2.19. The predicted molar refractivity (Wildman–Crippen MR) is 91.3 cm³/mol. The molecule has 0 N–H and O–H groups in total. The van der Waals surface area contributed by atoms with Crippen LogP contribution in [0.5, 0.6) is 0 Å². The van der Waals surface area contributed by atoms with Gasteiger partial charge in [-0.05, 0) is 52.8 Å². The van der Waals surface area contributed by atoms with Crippen LogP contribution in [0.4, 0.5) is 0 Å². The summed E-state index contributed by atoms with van der Waals surface area (Å²) in [6.45, 7) is 2.16. The van der Waals surface area contributed by atoms with Crippen molar-refractivity contribution in [1.29, 1.82) is 0 Å². The molecular formula is C21H18. The number of rotatable bonds is 1. The molecule has 0 atom stereocenters. The molecule has 3 aromatic carbocycles. The van der Waals surface area contributed by atoms with Gasteiger partial charge in [0.15, 0.2) is 0 Å². The Morgan fingerprint density at radius 1 is 0.810 bits per heavy atom. The van der Waals surface area contributed by atoms with Crippen LogP contribution in [-0.2, 0) is 6.42 Å². The quantitative estimate of drug-likeness (QED) is 0.537. The fourth-order valence-corrected chi connectivity index (χ4v) is 3.36. The second-order valence-corrected chi connectivity index (χ2v) is 5.89. The average molecular weight is 270 g/mol. The van der Waals surface area contributed by atoms with E-state index < -0.39 is 0 Å². The van der Waals surface area contributed by atoms with E-state index in [0.717, 1.165) is 12.8 Å². The van der Waals surface area contributed by atoms with Crippen LogP contribution in [0.2, 0.25) is 0 Å². The van der Waals surface area contributed by atoms with Gasteiger partial charge in [0.05, 0.1) is 0 Å². The first kappa shape index (κ1) is 12.4. The molecule has 0 nitrogen and oxygen atoms in total. The molecule has 0 spiro atoms. The standard InChI is InChI=1S/C21H18/c1-15-5-4-7-17(13-15)18-11-12-21-19(14-18)10-9-16-6-2-3-8-20(16)21/h2-10,13-14H,11-12H2,1H3. The van der Waals surface area contributed by atoms with Gasteiger partial charge >= 0.3 is 0 Å². The molecule has 3 aromatic rings. The molecule has 0 aromatic heterocycles. The van der Waals surface area contributed by atoms with Gasteiger partial charge in [-0.25, -0.2) is 0 Å². The molecule has 0 aliphatic heterocycles. The van der Waals surface area contributed by atoms with Crippen molar-refractivity contribution in [3.63, 3.8) is 0 Å². The first-order chi connectivity index (χ1) is 10.3. The average Bonchev–Trinajstić information content (AvgIpc) is 2.54. The van der Waals surface area contributed by atoms with E-state index in [9.17, 15) is 0 Å². The maximum absolute atomic E-state index is 2.38. The zero-order valence-electron chi connectivity index (χ0n) is 12.3. The van der Waals surface area contributed by atoms with Gasteiger partial charge in [-0.2, -0.15) is 0 Å². The molecule has 0 bridgehead atoms. The fraction of sp³-hybridized carbons (Fsp3) is 0.143. The zero-order chi connectivity index (χ0) is 14.2. The molecule has 0 heterocycles. The topological polar surface area (TPSA) is 0 Å². The van der Waals surface area contributed by atoms with Crippen LogP contribution < -0.4 is 0 Å². The number of benzene rings is 3. The van der Waals surface area contributed by atoms with Crippen LogP contribution in [0, 0.1) is 6.92 Å². The lowest BCUT2D eigenvalue weighted by molar-refractivity contribution is 1.01. The molecule has 0 saturated carbocycles. The Morgan fingerprint density at radius 2 is 1.71 bits per heavy atom. The smallest absolute Gasteiger partial charge is 0.0146 e. The Bertz CT molecular complexity index is 853. The van der Waals surface area contributed by atoms with Crippen molar-refractivity contribution in [2.24, 2.45) is 0 Å². The minimum Gasteiger partial charge on any atom is -0.0616 e. The van der Waals surface area contributed by atoms with Gasteiger partial charge in [-0.15, -0.1) is 0 Å². The SMILES string of the molecule is Cc1cccc(C2=Cc3ccc4ccccc4c3CC2)c1. The Hall–Kier alpha value is -2.34. The lowest BCUT2D eigenvalue weighted by Crippen LogP contribution is -2.00. The van der Waals surface area contributed by atoms with E-state index >= 15 is 0 Å². The minimum absolute atomic E-state index is 1.13. The number of fused-ring (bicyclic) bond motifs is 3. The second-order valence-electron chi connectivity index (χ2n) is 5.89. The van der Waals surface area contributed by atoms with Gasteiger partial charge in [0.1, 0.15) is 0 Å². The van der Waals surface area contributed by atoms with E-state index in [1.54, 1.807) is 0 Å². The highest BCUT2D eigenvalue weighted by molar-refractivity contribution is 5.93. The van der Waals surface area contributed by atoms with E-state index in [1.165, 1.54) is 38.6 Å². The van der Waals surface area contributed by atoms with Crippen molar-refractivity contribution in [2.45, 2.75) is 19.8 Å². The monoisotopic (exact) mass is 270 g/mol. The summed E-state index contributed by atoms with van der Waals surface area (Å²) in [6.07, 6.45) is 4.64. The van der Waals surface area contributed by atoms with Crippen molar-refractivity contribution < 1.29 is 0 Å². The summed E-state index contributed by atoms with van der Waals surface area (Å²) in [5.74, 6) is 0. The van der Waals surface area contributed by atoms with E-state index in [2.05, 4.69) is 73.7 Å². The first-order valence-corrected chi connectivity index (χ1v) is 7.59. The van der Waals surface area contributed by atoms with Gasteiger partial charge in [-0.3, -0.25) is 0 Å². The van der Waals surface area contributed by atoms with Crippen LogP contribution in [0.25, 0.3) is 22.4 Å². The number of allylic oxidation sites excluding steroid dienone is 1. The molecule has 0 heteroatoms. The third-order valence-corrected chi connectivity index (χ3v) is 4.44. The molecule has 0 amide bonds. The van der Waals surface area contributed by atoms with E-state index in [0.29, 0.717) is 0 Å². The van der Waals surface area contributed by atoms with Crippen molar-refractivity contribution in [3.8, 4) is 0 Å². The highest BCUT2D eigenvalue weighted by atomic mass is 14.2. The number of aryl methyl sites for hydroxylation is 2. The van der Waals surface area contributed by atoms with Gasteiger partial charge in [-0.1, -0.05) is 72.3 Å². The molecule has 4 rings (SSSR count). The molecule has 102 valence electrons. The van der Waals surface area contributed by atoms with Crippen molar-refractivity contribution >= 4 is 22.4 Å². The van der Waals surface area contributed by atoms with Crippen LogP contribution in [0.1, 0.15) is 28.7 Å². The van der Waals surface area contributed by atoms with E-state index in [1.807, 2.05) is 0 Å². The third-order valence-electron chi connectivity index (χ3n) is 4.44. The zero-order valence-corrected chi connectivity index (χ0v) is 12.3. The summed E-state index contributed by atoms with van der Waals surface area (Å²) in [7, 11) is 0. The highest BCUT2D eigenvalue weighted by Gasteiger charge is 2.14. The van der Waals surface area contributed by atoms with Gasteiger partial charge < -0.3 is 0 Å². The molecular weight excluding hydrogens is 252 g/mol. The predicted octanol–water partition coefficient (Wildman–Crippen LogP) is 5.64. The highest BCUT2D eigenvalue weighted by Crippen LogP contribution is 2.34. The summed E-state index contributed by atoms with van der Waals surface area (Å²) in [5, 5.41) is 2.76. The van der Waals surface area contributed by atoms with Crippen LogP contribution in [0.15, 0.2) is 60.7 Å². The lowest BCUT2D eigenvalue weighted by atomic mass is 9.86. The molecule has 1 aliphatic rings. The molecule has 21 heavy (non-hydrogen) atoms. The van der Waals surface area contributed by atoms with Crippen LogP contribution in [0.3, 0.4) is 0 Å². The van der Waals surface area contributed by atoms with Crippen molar-refractivity contribution in [2.75, 3.05) is 0 Å². The maximum atomic E-state index is 2.38. The first-order valence-electron chi connectivity index (χ1n) is 7.59. The van der Waals surface area contributed by atoms with Gasteiger partial charge in [0.2, 0.25) is 0 Å². The summed E-state index contributed by atoms with van der Waals surface area (Å²) in [6, 6.07) is 22.1. The Morgan fingerprint density at radius 3 is 2.62 bits per heavy atom. The molecule has 1 aliphatic carbocycles. The largest absolute Gasteiger partial charge is 0.0616 e. The normalized spacial score (nSPS) is 13.9. The summed E-state index contributed by atoms with van der Waals surface area (Å²) < 4.78 is 0. The second kappa shape index (κ2) is 4.89. The number of hydrogen-bond donors (Lipinski definition) is 0. The van der Waals surface area contributed by atoms with Gasteiger partial charge in [0.25, 0.3) is 0 Å². The Balaban J connectivity index is 1.86. The van der Waals surface area contributed by atoms with E-state index in [4.69, 9.17) is 0 Å². The number of hydrogen-bond acceptors (Lipinski definition) is 0. The van der Waals surface area contributed by atoms with Crippen LogP contribution >= 0.6 is 0 Å². The van der Waals surface area contributed by atoms with Crippen molar-refractivity contribution in [3.05, 3.63) is 82.9 Å². The minimum atomic E-state index is 1.13. The molecule has 0 fully saturated rings. The fourth-order valence-electron chi connectivity index (χ4n) is 3.36. The summed E-state index contributed by atoms with van der Waals surface area (Å²) in [5.41, 5.74) is 7.05. The Labute approximate surface area is 125 Å². The summed E-state index contributed by atoms with van der Waals surface area (Å²) in [4.78, 5) is 0. The van der Waals surface area contributed by atoms with Crippen LogP contribution in [-0.4, -0.2) is 0 Å². The maximum Gasteiger partial charge on any atom is -0.0146 e.